The van der Waals surface area contributed by atoms with Crippen LogP contribution >= 0.6 is 0 Å². The predicted octanol–water partition coefficient (Wildman–Crippen LogP) is 3.58. The normalized spacial score (nSPS) is 18.7. The number of rotatable bonds is 7. The van der Waals surface area contributed by atoms with Crippen molar-refractivity contribution >= 4 is 11.8 Å². The van der Waals surface area contributed by atoms with Crippen LogP contribution in [-0.2, 0) is 11.2 Å². The monoisotopic (exact) mass is 410 g/mol. The van der Waals surface area contributed by atoms with Crippen LogP contribution in [0, 0.1) is 11.7 Å². The molecule has 4 rings (SSSR count). The zero-order chi connectivity index (χ0) is 20.9. The molecule has 30 heavy (non-hydrogen) atoms. The maximum absolute atomic E-state index is 13.3. The highest BCUT2D eigenvalue weighted by Crippen LogP contribution is 2.22. The fourth-order valence-electron chi connectivity index (χ4n) is 3.77. The Hall–Kier alpha value is -2.89. The van der Waals surface area contributed by atoms with Gasteiger partial charge in [-0.25, -0.2) is 4.39 Å². The quantitative estimate of drug-likeness (QED) is 0.759. The Morgan fingerprint density at radius 3 is 2.63 bits per heavy atom. The molecule has 2 fully saturated rings. The van der Waals surface area contributed by atoms with Crippen molar-refractivity contribution in [2.24, 2.45) is 5.92 Å². The summed E-state index contributed by atoms with van der Waals surface area (Å²) >= 11 is 0. The predicted molar refractivity (Wildman–Crippen MR) is 112 cm³/mol. The van der Waals surface area contributed by atoms with Gasteiger partial charge in [-0.1, -0.05) is 12.1 Å². The van der Waals surface area contributed by atoms with Gasteiger partial charge < -0.3 is 15.0 Å². The number of carbonyl (C=O) groups excluding carboxylic acids is 2. The van der Waals surface area contributed by atoms with Crippen molar-refractivity contribution in [3.8, 4) is 5.75 Å². The van der Waals surface area contributed by atoms with Crippen molar-refractivity contribution in [3.05, 3.63) is 65.5 Å². The summed E-state index contributed by atoms with van der Waals surface area (Å²) in [6.07, 6.45) is 4.29. The van der Waals surface area contributed by atoms with Gasteiger partial charge in [-0.05, 0) is 67.6 Å². The molecular weight excluding hydrogens is 383 g/mol. The minimum Gasteiger partial charge on any atom is -0.493 e. The number of amides is 2. The Kier molecular flexibility index (Phi) is 6.31. The van der Waals surface area contributed by atoms with Crippen molar-refractivity contribution in [1.82, 2.24) is 10.2 Å². The summed E-state index contributed by atoms with van der Waals surface area (Å²) in [5, 5.41) is 2.97. The van der Waals surface area contributed by atoms with Gasteiger partial charge in [-0.3, -0.25) is 9.59 Å². The highest BCUT2D eigenvalue weighted by atomic mass is 19.1. The van der Waals surface area contributed by atoms with E-state index in [0.717, 1.165) is 38.0 Å². The number of carbonyl (C=O) groups is 2. The molecule has 0 bridgehead atoms. The molecule has 6 heteroatoms. The first kappa shape index (κ1) is 20.4. The SMILES string of the molecule is O=C(NC1CC1)c1ccc(OC[C@@H]2CCCN(C(=O)Cc3cccc(F)c3)C2)cc1. The molecule has 0 spiro atoms. The zero-order valence-electron chi connectivity index (χ0n) is 17.0. The second-order valence-electron chi connectivity index (χ2n) is 8.24. The number of hydrogen-bond donors (Lipinski definition) is 1. The summed E-state index contributed by atoms with van der Waals surface area (Å²) < 4.78 is 19.3. The van der Waals surface area contributed by atoms with Crippen molar-refractivity contribution in [2.75, 3.05) is 19.7 Å². The fourth-order valence-corrected chi connectivity index (χ4v) is 3.77. The van der Waals surface area contributed by atoms with Crippen LogP contribution in [0.25, 0.3) is 0 Å². The summed E-state index contributed by atoms with van der Waals surface area (Å²) in [6.45, 7) is 1.91. The molecular formula is C24H27FN2O3. The lowest BCUT2D eigenvalue weighted by Crippen LogP contribution is -2.42. The molecule has 1 N–H and O–H groups in total. The molecule has 1 saturated carbocycles. The Labute approximate surface area is 176 Å². The van der Waals surface area contributed by atoms with Gasteiger partial charge in [-0.15, -0.1) is 0 Å². The number of hydrogen-bond acceptors (Lipinski definition) is 3. The topological polar surface area (TPSA) is 58.6 Å². The van der Waals surface area contributed by atoms with E-state index in [-0.39, 0.29) is 30.0 Å². The molecule has 2 amide bonds. The third kappa shape index (κ3) is 5.59. The summed E-state index contributed by atoms with van der Waals surface area (Å²) in [7, 11) is 0. The molecule has 2 aromatic carbocycles. The van der Waals surface area contributed by atoms with Gasteiger partial charge in [-0.2, -0.15) is 0 Å². The molecule has 158 valence electrons. The lowest BCUT2D eigenvalue weighted by molar-refractivity contribution is -0.132. The standard InChI is InChI=1S/C24H27FN2O3/c25-20-5-1-3-17(13-20)14-23(28)27-12-2-4-18(15-27)16-30-22-10-6-19(7-11-22)24(29)26-21-8-9-21/h1,3,5-7,10-11,13,18,21H,2,4,8-9,12,14-16H2,(H,26,29)/t18-/m1/s1. The van der Waals surface area contributed by atoms with E-state index in [9.17, 15) is 14.0 Å². The minimum absolute atomic E-state index is 0.0244. The number of nitrogens with zero attached hydrogens (tertiary/aromatic N) is 1. The highest BCUT2D eigenvalue weighted by molar-refractivity contribution is 5.94. The first-order valence-electron chi connectivity index (χ1n) is 10.6. The molecule has 2 aromatic rings. The Bertz CT molecular complexity index is 896. The summed E-state index contributed by atoms with van der Waals surface area (Å²) in [5.41, 5.74) is 1.34. The zero-order valence-corrected chi connectivity index (χ0v) is 17.0. The smallest absolute Gasteiger partial charge is 0.251 e. The van der Waals surface area contributed by atoms with Crippen LogP contribution in [0.2, 0.25) is 0 Å². The van der Waals surface area contributed by atoms with Crippen LogP contribution in [0.1, 0.15) is 41.6 Å². The maximum Gasteiger partial charge on any atom is 0.251 e. The van der Waals surface area contributed by atoms with Crippen LogP contribution in [-0.4, -0.2) is 42.5 Å². The first-order valence-corrected chi connectivity index (χ1v) is 10.6. The van der Waals surface area contributed by atoms with E-state index < -0.39 is 0 Å². The Balaban J connectivity index is 1.25. The largest absolute Gasteiger partial charge is 0.493 e. The summed E-state index contributed by atoms with van der Waals surface area (Å²) in [6, 6.07) is 13.7. The number of ether oxygens (including phenoxy) is 1. The van der Waals surface area contributed by atoms with Gasteiger partial charge in [0.05, 0.1) is 13.0 Å². The van der Waals surface area contributed by atoms with Crippen LogP contribution in [0.4, 0.5) is 4.39 Å². The van der Waals surface area contributed by atoms with Gasteiger partial charge >= 0.3 is 0 Å². The average Bonchev–Trinajstić information content (AvgIpc) is 3.57. The average molecular weight is 410 g/mol. The van der Waals surface area contributed by atoms with Crippen LogP contribution in [0.5, 0.6) is 5.75 Å². The third-order valence-corrected chi connectivity index (χ3v) is 5.63. The maximum atomic E-state index is 13.3. The Morgan fingerprint density at radius 2 is 1.90 bits per heavy atom. The summed E-state index contributed by atoms with van der Waals surface area (Å²) in [5.74, 6) is 0.649. The minimum atomic E-state index is -0.318. The van der Waals surface area contributed by atoms with Crippen molar-refractivity contribution in [1.29, 1.82) is 0 Å². The molecule has 1 aliphatic heterocycles. The molecule has 1 atom stereocenters. The van der Waals surface area contributed by atoms with E-state index in [4.69, 9.17) is 4.74 Å². The molecule has 5 nitrogen and oxygen atoms in total. The molecule has 2 aliphatic rings. The van der Waals surface area contributed by atoms with Crippen LogP contribution < -0.4 is 10.1 Å². The Morgan fingerprint density at radius 1 is 1.10 bits per heavy atom. The van der Waals surface area contributed by atoms with Gasteiger partial charge in [0, 0.05) is 30.6 Å². The lowest BCUT2D eigenvalue weighted by atomic mass is 9.98. The first-order chi connectivity index (χ1) is 14.6. The van der Waals surface area contributed by atoms with Gasteiger partial charge in [0.25, 0.3) is 5.91 Å². The number of benzene rings is 2. The molecule has 1 aliphatic carbocycles. The van der Waals surface area contributed by atoms with Gasteiger partial charge in [0.1, 0.15) is 11.6 Å². The van der Waals surface area contributed by atoms with Crippen molar-refractivity contribution in [2.45, 2.75) is 38.1 Å². The second-order valence-corrected chi connectivity index (χ2v) is 8.24. The fraction of sp³-hybridized carbons (Fsp3) is 0.417. The number of halogens is 1. The van der Waals surface area contributed by atoms with Crippen molar-refractivity contribution in [3.63, 3.8) is 0 Å². The van der Waals surface area contributed by atoms with Crippen LogP contribution in [0.3, 0.4) is 0 Å². The number of likely N-dealkylation sites (tertiary alicyclic amines) is 1. The van der Waals surface area contributed by atoms with E-state index in [1.165, 1.54) is 12.1 Å². The van der Waals surface area contributed by atoms with E-state index in [1.54, 1.807) is 24.3 Å². The van der Waals surface area contributed by atoms with E-state index in [2.05, 4.69) is 5.32 Å². The molecule has 1 heterocycles. The third-order valence-electron chi connectivity index (χ3n) is 5.63. The number of nitrogens with one attached hydrogen (secondary N) is 1. The highest BCUT2D eigenvalue weighted by Gasteiger charge is 2.25. The van der Waals surface area contributed by atoms with Crippen molar-refractivity contribution < 1.29 is 18.7 Å². The second kappa shape index (κ2) is 9.28. The lowest BCUT2D eigenvalue weighted by Gasteiger charge is -2.32. The molecule has 0 unspecified atom stereocenters. The number of piperidine rings is 1. The van der Waals surface area contributed by atoms with Gasteiger partial charge in [0.15, 0.2) is 0 Å². The van der Waals surface area contributed by atoms with Crippen LogP contribution in [0.15, 0.2) is 48.5 Å². The van der Waals surface area contributed by atoms with Gasteiger partial charge in [0.2, 0.25) is 5.91 Å². The van der Waals surface area contributed by atoms with E-state index >= 15 is 0 Å². The van der Waals surface area contributed by atoms with E-state index in [1.807, 2.05) is 17.0 Å². The molecule has 0 aromatic heterocycles. The summed E-state index contributed by atoms with van der Waals surface area (Å²) in [4.78, 5) is 26.5. The molecule has 0 radical (unpaired) electrons. The van der Waals surface area contributed by atoms with E-state index in [0.29, 0.717) is 30.3 Å². The molecule has 1 saturated heterocycles.